The van der Waals surface area contributed by atoms with Crippen LogP contribution in [0, 0.1) is 0 Å². The maximum absolute atomic E-state index is 6.12. The Bertz CT molecular complexity index is 500. The van der Waals surface area contributed by atoms with E-state index in [1.54, 1.807) is 6.07 Å². The zero-order valence-corrected chi connectivity index (χ0v) is 14.4. The number of nitrogens with one attached hydrogen (secondary N) is 1. The van der Waals surface area contributed by atoms with E-state index in [0.717, 1.165) is 19.4 Å². The average Bonchev–Trinajstić information content (AvgIpc) is 2.42. The molecule has 2 heterocycles. The van der Waals surface area contributed by atoms with Gasteiger partial charge >= 0.3 is 0 Å². The number of ether oxygens (including phenoxy) is 2. The number of anilines is 1. The van der Waals surface area contributed by atoms with E-state index in [2.05, 4.69) is 27.1 Å². The van der Waals surface area contributed by atoms with Gasteiger partial charge in [-0.25, -0.2) is 4.98 Å². The maximum atomic E-state index is 6.12. The van der Waals surface area contributed by atoms with Crippen molar-refractivity contribution in [3.8, 4) is 5.88 Å². The fraction of sp³-hybridized carbons (Fsp3) is 0.714. The predicted octanol–water partition coefficient (Wildman–Crippen LogP) is 1.91. The van der Waals surface area contributed by atoms with E-state index in [1.165, 1.54) is 0 Å². The van der Waals surface area contributed by atoms with Gasteiger partial charge in [-0.1, -0.05) is 11.6 Å². The number of aromatic nitrogens is 2. The normalized spacial score (nSPS) is 27.8. The molecule has 0 unspecified atom stereocenters. The highest BCUT2D eigenvalue weighted by atomic mass is 35.5. The summed E-state index contributed by atoms with van der Waals surface area (Å²) in [6, 6.07) is 2.47. The van der Waals surface area contributed by atoms with E-state index in [0.29, 0.717) is 36.2 Å². The third-order valence-corrected chi connectivity index (χ3v) is 4.27. The van der Waals surface area contributed by atoms with E-state index in [-0.39, 0.29) is 24.6 Å². The number of halogens is 2. The van der Waals surface area contributed by atoms with Gasteiger partial charge in [-0.05, 0) is 26.8 Å². The van der Waals surface area contributed by atoms with Crippen LogP contribution in [-0.2, 0) is 4.74 Å². The van der Waals surface area contributed by atoms with Gasteiger partial charge in [0.1, 0.15) is 11.3 Å². The minimum absolute atomic E-state index is 0. The zero-order valence-electron chi connectivity index (χ0n) is 12.8. The van der Waals surface area contributed by atoms with Crippen molar-refractivity contribution >= 4 is 30.0 Å². The van der Waals surface area contributed by atoms with Crippen LogP contribution in [0.15, 0.2) is 6.07 Å². The van der Waals surface area contributed by atoms with Crippen LogP contribution in [-0.4, -0.2) is 55.0 Å². The first kappa shape index (κ1) is 17.5. The van der Waals surface area contributed by atoms with Gasteiger partial charge in [0.2, 0.25) is 11.8 Å². The fourth-order valence-electron chi connectivity index (χ4n) is 2.67. The number of nitrogens with zero attached hydrogens (tertiary/aromatic N) is 3. The lowest BCUT2D eigenvalue weighted by Crippen LogP contribution is -2.46. The molecule has 6 nitrogen and oxygen atoms in total. The second-order valence-electron chi connectivity index (χ2n) is 5.64. The first-order chi connectivity index (χ1) is 10.2. The highest BCUT2D eigenvalue weighted by Gasteiger charge is 2.30. The summed E-state index contributed by atoms with van der Waals surface area (Å²) in [5, 5.41) is 3.65. The molecule has 1 atom stereocenters. The van der Waals surface area contributed by atoms with Gasteiger partial charge < -0.3 is 19.7 Å². The van der Waals surface area contributed by atoms with Crippen molar-refractivity contribution < 1.29 is 9.47 Å². The van der Waals surface area contributed by atoms with Crippen molar-refractivity contribution in [3.05, 3.63) is 11.2 Å². The van der Waals surface area contributed by atoms with Crippen molar-refractivity contribution in [2.45, 2.75) is 38.0 Å². The molecule has 2 aliphatic rings. The summed E-state index contributed by atoms with van der Waals surface area (Å²) in [5.74, 6) is 1.18. The Hall–Kier alpha value is -0.820. The van der Waals surface area contributed by atoms with Crippen molar-refractivity contribution in [1.29, 1.82) is 0 Å². The van der Waals surface area contributed by atoms with Crippen LogP contribution in [0.2, 0.25) is 5.15 Å². The molecule has 22 heavy (non-hydrogen) atoms. The van der Waals surface area contributed by atoms with Crippen molar-refractivity contribution in [2.75, 3.05) is 31.7 Å². The second-order valence-corrected chi connectivity index (χ2v) is 6.03. The molecular formula is C14H22Cl2N4O2. The van der Waals surface area contributed by atoms with Gasteiger partial charge in [0.15, 0.2) is 0 Å². The van der Waals surface area contributed by atoms with Crippen LogP contribution in [0.25, 0.3) is 0 Å². The van der Waals surface area contributed by atoms with Crippen molar-refractivity contribution in [2.24, 2.45) is 0 Å². The molecule has 1 saturated carbocycles. The molecular weight excluding hydrogens is 327 g/mol. The minimum atomic E-state index is 0. The molecule has 0 radical (unpaired) electrons. The average molecular weight is 349 g/mol. The molecule has 0 bridgehead atoms. The Morgan fingerprint density at radius 1 is 1.41 bits per heavy atom. The largest absolute Gasteiger partial charge is 0.474 e. The van der Waals surface area contributed by atoms with Crippen LogP contribution >= 0.6 is 24.0 Å². The van der Waals surface area contributed by atoms with Gasteiger partial charge in [0.05, 0.1) is 19.3 Å². The maximum Gasteiger partial charge on any atom is 0.230 e. The topological polar surface area (TPSA) is 59.5 Å². The summed E-state index contributed by atoms with van der Waals surface area (Å²) in [4.78, 5) is 10.9. The van der Waals surface area contributed by atoms with Crippen LogP contribution in [0.3, 0.4) is 0 Å². The molecule has 0 amide bonds. The summed E-state index contributed by atoms with van der Waals surface area (Å²) >= 11 is 6.12. The summed E-state index contributed by atoms with van der Waals surface area (Å²) in [6.45, 7) is 4.22. The molecule has 1 aliphatic carbocycles. The van der Waals surface area contributed by atoms with Gasteiger partial charge in [0, 0.05) is 18.7 Å². The van der Waals surface area contributed by atoms with Crippen molar-refractivity contribution in [1.82, 2.24) is 15.3 Å². The number of hydrogen-bond donors (Lipinski definition) is 1. The third-order valence-electron chi connectivity index (χ3n) is 4.07. The molecule has 124 valence electrons. The van der Waals surface area contributed by atoms with Gasteiger partial charge in [0.25, 0.3) is 0 Å². The molecule has 1 N–H and O–H groups in total. The van der Waals surface area contributed by atoms with E-state index >= 15 is 0 Å². The van der Waals surface area contributed by atoms with E-state index in [9.17, 15) is 0 Å². The Morgan fingerprint density at radius 3 is 2.86 bits per heavy atom. The number of morpholine rings is 1. The SMILES string of the molecule is CNC1CC(Oc2cc(Cl)nc(N3CCOC[C@@H]3C)n2)C1.Cl. The standard InChI is InChI=1S/C14H21ClN4O2.ClH/c1-9-8-20-4-3-19(9)14-17-12(15)7-13(18-14)21-11-5-10(6-11)16-2;/h7,9-11,16H,3-6,8H2,1-2H3;1H/t9-,10?,11?;/m0./s1. The Kier molecular flexibility index (Phi) is 6.09. The highest BCUT2D eigenvalue weighted by Crippen LogP contribution is 2.27. The molecule has 1 aromatic heterocycles. The summed E-state index contributed by atoms with van der Waals surface area (Å²) in [5.41, 5.74) is 0. The molecule has 1 saturated heterocycles. The van der Waals surface area contributed by atoms with E-state index in [1.807, 2.05) is 7.05 Å². The molecule has 3 rings (SSSR count). The molecule has 1 aromatic rings. The summed E-state index contributed by atoms with van der Waals surface area (Å²) in [7, 11) is 1.97. The highest BCUT2D eigenvalue weighted by molar-refractivity contribution is 6.29. The van der Waals surface area contributed by atoms with Crippen LogP contribution in [0.1, 0.15) is 19.8 Å². The van der Waals surface area contributed by atoms with Gasteiger partial charge in [-0.3, -0.25) is 0 Å². The third kappa shape index (κ3) is 3.93. The number of rotatable bonds is 4. The lowest BCUT2D eigenvalue weighted by atomic mass is 9.89. The molecule has 8 heteroatoms. The molecule has 1 aliphatic heterocycles. The Balaban J connectivity index is 0.00000176. The van der Waals surface area contributed by atoms with Gasteiger partial charge in [-0.15, -0.1) is 12.4 Å². The van der Waals surface area contributed by atoms with E-state index in [4.69, 9.17) is 21.1 Å². The first-order valence-corrected chi connectivity index (χ1v) is 7.76. The smallest absolute Gasteiger partial charge is 0.230 e. The summed E-state index contributed by atoms with van der Waals surface area (Å²) in [6.07, 6.45) is 2.21. The van der Waals surface area contributed by atoms with Crippen LogP contribution in [0.5, 0.6) is 5.88 Å². The van der Waals surface area contributed by atoms with E-state index < -0.39 is 0 Å². The zero-order chi connectivity index (χ0) is 14.8. The van der Waals surface area contributed by atoms with Crippen LogP contribution < -0.4 is 15.0 Å². The molecule has 0 spiro atoms. The number of hydrogen-bond acceptors (Lipinski definition) is 6. The van der Waals surface area contributed by atoms with Crippen LogP contribution in [0.4, 0.5) is 5.95 Å². The summed E-state index contributed by atoms with van der Waals surface area (Å²) < 4.78 is 11.3. The quantitative estimate of drug-likeness (QED) is 0.838. The first-order valence-electron chi connectivity index (χ1n) is 7.38. The molecule has 0 aromatic carbocycles. The molecule has 2 fully saturated rings. The van der Waals surface area contributed by atoms with Crippen molar-refractivity contribution in [3.63, 3.8) is 0 Å². The fourth-order valence-corrected chi connectivity index (χ4v) is 2.84. The predicted molar refractivity (Wildman–Crippen MR) is 88.4 cm³/mol. The van der Waals surface area contributed by atoms with Gasteiger partial charge in [-0.2, -0.15) is 4.98 Å². The Labute approximate surface area is 142 Å². The second kappa shape index (κ2) is 7.64. The minimum Gasteiger partial charge on any atom is -0.474 e. The lowest BCUT2D eigenvalue weighted by Gasteiger charge is -2.35. The monoisotopic (exact) mass is 348 g/mol. The lowest BCUT2D eigenvalue weighted by molar-refractivity contribution is 0.0829. The Morgan fingerprint density at radius 2 is 2.18 bits per heavy atom.